The smallest absolute Gasteiger partial charge is 0.123 e. The molecule has 2 nitrogen and oxygen atoms in total. The fourth-order valence-corrected chi connectivity index (χ4v) is 2.77. The van der Waals surface area contributed by atoms with Crippen molar-refractivity contribution in [2.45, 2.75) is 19.1 Å². The number of epoxide rings is 1. The Hall–Kier alpha value is -1.94. The normalized spacial score (nSPS) is 21.8. The Morgan fingerprint density at radius 3 is 2.00 bits per heavy atom. The second kappa shape index (κ2) is 3.79. The molecule has 0 unspecified atom stereocenters. The Labute approximate surface area is 114 Å². The van der Waals surface area contributed by atoms with Crippen molar-refractivity contribution in [2.75, 3.05) is 6.61 Å². The molecule has 0 bridgehead atoms. The van der Waals surface area contributed by atoms with Crippen molar-refractivity contribution in [1.29, 1.82) is 0 Å². The maximum Gasteiger partial charge on any atom is 0.123 e. The Balaban J connectivity index is 2.07. The average molecular weight is 273 g/mol. The van der Waals surface area contributed by atoms with E-state index in [0.29, 0.717) is 6.54 Å². The summed E-state index contributed by atoms with van der Waals surface area (Å²) in [6, 6.07) is 9.28. The van der Waals surface area contributed by atoms with Gasteiger partial charge in [-0.05, 0) is 43.3 Å². The highest BCUT2D eigenvalue weighted by Gasteiger charge is 2.40. The van der Waals surface area contributed by atoms with E-state index in [4.69, 9.17) is 4.74 Å². The molecule has 102 valence electrons. The minimum absolute atomic E-state index is 0.165. The van der Waals surface area contributed by atoms with E-state index in [-0.39, 0.29) is 17.2 Å². The van der Waals surface area contributed by atoms with Crippen molar-refractivity contribution in [1.82, 2.24) is 4.57 Å². The lowest BCUT2D eigenvalue weighted by Gasteiger charge is -2.10. The lowest BCUT2D eigenvalue weighted by Crippen LogP contribution is -2.15. The second-order valence-electron chi connectivity index (χ2n) is 5.65. The van der Waals surface area contributed by atoms with Crippen molar-refractivity contribution >= 4 is 21.8 Å². The van der Waals surface area contributed by atoms with E-state index in [1.807, 2.05) is 6.92 Å². The average Bonchev–Trinajstić information content (AvgIpc) is 3.07. The molecule has 1 aromatic heterocycles. The van der Waals surface area contributed by atoms with Crippen LogP contribution in [0.15, 0.2) is 36.4 Å². The minimum atomic E-state index is -0.310. The van der Waals surface area contributed by atoms with E-state index in [2.05, 4.69) is 4.57 Å². The molecule has 2 heterocycles. The second-order valence-corrected chi connectivity index (χ2v) is 5.65. The van der Waals surface area contributed by atoms with E-state index in [9.17, 15) is 8.78 Å². The maximum atomic E-state index is 13.5. The molecule has 2 aromatic carbocycles. The number of benzene rings is 2. The van der Waals surface area contributed by atoms with Gasteiger partial charge in [0.25, 0.3) is 0 Å². The molecule has 3 aromatic rings. The van der Waals surface area contributed by atoms with Crippen LogP contribution in [-0.2, 0) is 11.3 Å². The Bertz CT molecular complexity index is 774. The van der Waals surface area contributed by atoms with Crippen molar-refractivity contribution < 1.29 is 13.5 Å². The zero-order valence-electron chi connectivity index (χ0n) is 11.0. The van der Waals surface area contributed by atoms with Crippen LogP contribution >= 0.6 is 0 Å². The van der Waals surface area contributed by atoms with Crippen molar-refractivity contribution in [3.8, 4) is 0 Å². The lowest BCUT2D eigenvalue weighted by molar-refractivity contribution is 0.298. The molecule has 1 fully saturated rings. The zero-order valence-corrected chi connectivity index (χ0v) is 11.0. The van der Waals surface area contributed by atoms with Gasteiger partial charge in [0.1, 0.15) is 17.2 Å². The highest BCUT2D eigenvalue weighted by Crippen LogP contribution is 2.35. The van der Waals surface area contributed by atoms with E-state index >= 15 is 0 Å². The first-order chi connectivity index (χ1) is 9.56. The fourth-order valence-electron chi connectivity index (χ4n) is 2.77. The van der Waals surface area contributed by atoms with Crippen LogP contribution in [0.1, 0.15) is 6.92 Å². The summed E-state index contributed by atoms with van der Waals surface area (Å²) in [5, 5.41) is 1.48. The summed E-state index contributed by atoms with van der Waals surface area (Å²) in [6.07, 6.45) is 0. The lowest BCUT2D eigenvalue weighted by atomic mass is 10.1. The molecular formula is C16H13F2NO. The first-order valence-electron chi connectivity index (χ1n) is 6.57. The first kappa shape index (κ1) is 11.9. The molecule has 0 amide bonds. The largest absolute Gasteiger partial charge is 0.368 e. The standard InChI is InChI=1S/C16H13F2NO/c1-16(9-20-16)8-19-14-4-2-10(17)6-12(14)13-7-11(18)3-5-15(13)19/h2-7H,8-9H2,1H3/t16-/m0/s1. The molecule has 4 heteroatoms. The molecule has 0 aliphatic carbocycles. The topological polar surface area (TPSA) is 17.5 Å². The van der Waals surface area contributed by atoms with E-state index < -0.39 is 0 Å². The summed E-state index contributed by atoms with van der Waals surface area (Å²) in [7, 11) is 0. The van der Waals surface area contributed by atoms with Gasteiger partial charge in [-0.2, -0.15) is 0 Å². The van der Waals surface area contributed by atoms with Crippen molar-refractivity contribution in [2.24, 2.45) is 0 Å². The number of hydrogen-bond acceptors (Lipinski definition) is 1. The molecular weight excluding hydrogens is 260 g/mol. The number of hydrogen-bond donors (Lipinski definition) is 0. The maximum absolute atomic E-state index is 13.5. The van der Waals surface area contributed by atoms with Crippen molar-refractivity contribution in [3.63, 3.8) is 0 Å². The van der Waals surface area contributed by atoms with E-state index in [0.717, 1.165) is 28.4 Å². The van der Waals surface area contributed by atoms with Gasteiger partial charge in [0.05, 0.1) is 13.2 Å². The van der Waals surface area contributed by atoms with Gasteiger partial charge < -0.3 is 9.30 Å². The number of ether oxygens (including phenoxy) is 1. The molecule has 0 spiro atoms. The van der Waals surface area contributed by atoms with Gasteiger partial charge in [0.15, 0.2) is 0 Å². The number of halogens is 2. The quantitative estimate of drug-likeness (QED) is 0.648. The van der Waals surface area contributed by atoms with Gasteiger partial charge in [0, 0.05) is 21.8 Å². The third-order valence-electron chi connectivity index (χ3n) is 3.92. The summed E-state index contributed by atoms with van der Waals surface area (Å²) in [4.78, 5) is 0. The zero-order chi connectivity index (χ0) is 13.9. The van der Waals surface area contributed by atoms with Crippen LogP contribution in [0.3, 0.4) is 0 Å². The molecule has 0 saturated carbocycles. The Morgan fingerprint density at radius 1 is 1.05 bits per heavy atom. The van der Waals surface area contributed by atoms with Gasteiger partial charge in [-0.15, -0.1) is 0 Å². The van der Waals surface area contributed by atoms with Crippen LogP contribution in [0, 0.1) is 11.6 Å². The van der Waals surface area contributed by atoms with Crippen LogP contribution in [0.5, 0.6) is 0 Å². The third-order valence-corrected chi connectivity index (χ3v) is 3.92. The number of aromatic nitrogens is 1. The predicted octanol–water partition coefficient (Wildman–Crippen LogP) is 3.86. The summed E-state index contributed by atoms with van der Waals surface area (Å²) in [5.74, 6) is -0.621. The van der Waals surface area contributed by atoms with Crippen LogP contribution in [0.2, 0.25) is 0 Å². The highest BCUT2D eigenvalue weighted by molar-refractivity contribution is 6.08. The van der Waals surface area contributed by atoms with Gasteiger partial charge in [-0.25, -0.2) is 8.78 Å². The van der Waals surface area contributed by atoms with E-state index in [1.165, 1.54) is 24.3 Å². The molecule has 1 saturated heterocycles. The molecule has 1 atom stereocenters. The summed E-state index contributed by atoms with van der Waals surface area (Å²) >= 11 is 0. The molecule has 20 heavy (non-hydrogen) atoms. The summed E-state index contributed by atoms with van der Waals surface area (Å²) in [6.45, 7) is 3.44. The van der Waals surface area contributed by atoms with Crippen molar-refractivity contribution in [3.05, 3.63) is 48.0 Å². The highest BCUT2D eigenvalue weighted by atomic mass is 19.1. The molecule has 1 aliphatic rings. The number of nitrogens with zero attached hydrogens (tertiary/aromatic N) is 1. The van der Waals surface area contributed by atoms with Gasteiger partial charge >= 0.3 is 0 Å². The van der Waals surface area contributed by atoms with Crippen LogP contribution in [0.25, 0.3) is 21.8 Å². The minimum Gasteiger partial charge on any atom is -0.368 e. The van der Waals surface area contributed by atoms with Crippen LogP contribution in [0.4, 0.5) is 8.78 Å². The monoisotopic (exact) mass is 273 g/mol. The molecule has 0 radical (unpaired) electrons. The van der Waals surface area contributed by atoms with E-state index in [1.54, 1.807) is 12.1 Å². The molecule has 1 aliphatic heterocycles. The summed E-state index contributed by atoms with van der Waals surface area (Å²) < 4.78 is 34.5. The van der Waals surface area contributed by atoms with Gasteiger partial charge in [-0.3, -0.25) is 0 Å². The Morgan fingerprint density at radius 2 is 1.55 bits per heavy atom. The molecule has 0 N–H and O–H groups in total. The number of fused-ring (bicyclic) bond motifs is 3. The molecule has 4 rings (SSSR count). The van der Waals surface area contributed by atoms with Crippen LogP contribution < -0.4 is 0 Å². The summed E-state index contributed by atoms with van der Waals surface area (Å²) in [5.41, 5.74) is 1.65. The first-order valence-corrected chi connectivity index (χ1v) is 6.57. The Kier molecular flexibility index (Phi) is 2.25. The van der Waals surface area contributed by atoms with Gasteiger partial charge in [0.2, 0.25) is 0 Å². The predicted molar refractivity (Wildman–Crippen MR) is 73.7 cm³/mol. The third kappa shape index (κ3) is 1.72. The van der Waals surface area contributed by atoms with Crippen LogP contribution in [-0.4, -0.2) is 16.8 Å². The van der Waals surface area contributed by atoms with Gasteiger partial charge in [-0.1, -0.05) is 0 Å². The fraction of sp³-hybridized carbons (Fsp3) is 0.250. The number of rotatable bonds is 2. The SMILES string of the molecule is C[C@]1(Cn2c3ccc(F)cc3c3cc(F)ccc32)CO1.